The van der Waals surface area contributed by atoms with Gasteiger partial charge in [-0.05, 0) is 80.5 Å². The molecule has 1 unspecified atom stereocenters. The van der Waals surface area contributed by atoms with Gasteiger partial charge in [-0.3, -0.25) is 9.59 Å². The number of carboxylic acids is 1. The highest BCUT2D eigenvalue weighted by molar-refractivity contribution is 6.31. The summed E-state index contributed by atoms with van der Waals surface area (Å²) in [5, 5.41) is 13.7. The van der Waals surface area contributed by atoms with Gasteiger partial charge in [0.15, 0.2) is 0 Å². The van der Waals surface area contributed by atoms with E-state index in [0.717, 1.165) is 49.7 Å². The van der Waals surface area contributed by atoms with E-state index in [2.05, 4.69) is 5.32 Å². The van der Waals surface area contributed by atoms with Gasteiger partial charge in [-0.15, -0.1) is 0 Å². The molecule has 2 heterocycles. The van der Waals surface area contributed by atoms with E-state index in [-0.39, 0.29) is 23.5 Å². The average Bonchev–Trinajstić information content (AvgIpc) is 3.57. The molecule has 1 spiro atoms. The van der Waals surface area contributed by atoms with E-state index >= 15 is 0 Å². The first-order valence-corrected chi connectivity index (χ1v) is 12.3. The molecule has 0 bridgehead atoms. The maximum atomic E-state index is 13.3. The third-order valence-corrected chi connectivity index (χ3v) is 7.99. The monoisotopic (exact) mass is 484 g/mol. The van der Waals surface area contributed by atoms with Crippen LogP contribution in [0, 0.1) is 5.92 Å². The van der Waals surface area contributed by atoms with Gasteiger partial charge in [0.25, 0.3) is 11.5 Å². The Bertz CT molecular complexity index is 1190. The molecule has 2 fully saturated rings. The number of nitrogens with zero attached hydrogens (tertiary/aromatic N) is 1. The fraction of sp³-hybridized carbons (Fsp3) is 0.500. The second-order valence-electron chi connectivity index (χ2n) is 10.0. The first-order chi connectivity index (χ1) is 16.3. The van der Waals surface area contributed by atoms with Crippen molar-refractivity contribution in [1.82, 2.24) is 9.88 Å². The van der Waals surface area contributed by atoms with Crippen LogP contribution in [0.5, 0.6) is 0 Å². The van der Waals surface area contributed by atoms with E-state index in [9.17, 15) is 19.5 Å². The molecule has 1 aromatic carbocycles. The number of carbonyl (C=O) groups excluding carboxylic acids is 1. The molecule has 1 aliphatic heterocycles. The zero-order valence-electron chi connectivity index (χ0n) is 19.2. The number of aliphatic carboxylic acids is 1. The molecular formula is C26H29ClN2O5. The Morgan fingerprint density at radius 3 is 2.56 bits per heavy atom. The van der Waals surface area contributed by atoms with Crippen LogP contribution in [0.1, 0.15) is 66.9 Å². The molecule has 2 N–H and O–H groups in total. The second kappa shape index (κ2) is 8.86. The summed E-state index contributed by atoms with van der Waals surface area (Å²) in [4.78, 5) is 38.8. The predicted molar refractivity (Wildman–Crippen MR) is 128 cm³/mol. The molecule has 5 rings (SSSR count). The van der Waals surface area contributed by atoms with Crippen molar-refractivity contribution >= 4 is 23.5 Å². The first kappa shape index (κ1) is 23.1. The molecule has 2 aliphatic carbocycles. The van der Waals surface area contributed by atoms with E-state index < -0.39 is 17.6 Å². The number of rotatable bonds is 5. The normalized spacial score (nSPS) is 23.8. The van der Waals surface area contributed by atoms with Crippen LogP contribution in [0.3, 0.4) is 0 Å². The summed E-state index contributed by atoms with van der Waals surface area (Å²) < 4.78 is 6.66. The third kappa shape index (κ3) is 4.39. The van der Waals surface area contributed by atoms with Gasteiger partial charge in [-0.2, -0.15) is 0 Å². The van der Waals surface area contributed by atoms with Crippen molar-refractivity contribution in [3.8, 4) is 11.1 Å². The van der Waals surface area contributed by atoms with Crippen molar-refractivity contribution in [3.63, 3.8) is 0 Å². The molecule has 8 heteroatoms. The van der Waals surface area contributed by atoms with Crippen molar-refractivity contribution in [2.75, 3.05) is 7.11 Å². The van der Waals surface area contributed by atoms with Crippen LogP contribution in [0.25, 0.3) is 11.1 Å². The zero-order chi connectivity index (χ0) is 24.0. The average molecular weight is 485 g/mol. The molecule has 34 heavy (non-hydrogen) atoms. The van der Waals surface area contributed by atoms with Crippen molar-refractivity contribution in [3.05, 3.63) is 57.0 Å². The summed E-state index contributed by atoms with van der Waals surface area (Å²) in [6, 6.07) is 5.92. The Labute approximate surface area is 203 Å². The van der Waals surface area contributed by atoms with Crippen LogP contribution in [-0.4, -0.2) is 40.3 Å². The summed E-state index contributed by atoms with van der Waals surface area (Å²) in [5.41, 5.74) is 1.87. The van der Waals surface area contributed by atoms with Gasteiger partial charge in [0.1, 0.15) is 6.04 Å². The van der Waals surface area contributed by atoms with Gasteiger partial charge >= 0.3 is 5.97 Å². The van der Waals surface area contributed by atoms with E-state index in [1.165, 1.54) is 16.8 Å². The lowest BCUT2D eigenvalue weighted by Crippen LogP contribution is -2.41. The van der Waals surface area contributed by atoms with Crippen molar-refractivity contribution in [2.45, 2.75) is 69.1 Å². The molecule has 2 aromatic rings. The molecule has 1 amide bonds. The number of halogens is 1. The van der Waals surface area contributed by atoms with Gasteiger partial charge in [0.2, 0.25) is 0 Å². The Kier molecular flexibility index (Phi) is 6.02. The fourth-order valence-electron chi connectivity index (χ4n) is 5.57. The Balaban J connectivity index is 1.55. The molecule has 1 aromatic heterocycles. The number of hydrogen-bond acceptors (Lipinski definition) is 4. The number of hydrogen-bond donors (Lipinski definition) is 2. The lowest BCUT2D eigenvalue weighted by Gasteiger charge is -2.30. The predicted octanol–water partition coefficient (Wildman–Crippen LogP) is 4.21. The van der Waals surface area contributed by atoms with E-state index in [4.69, 9.17) is 16.3 Å². The summed E-state index contributed by atoms with van der Waals surface area (Å²) in [5.74, 6) is -1.16. The van der Waals surface area contributed by atoms with Crippen LogP contribution in [0.15, 0.2) is 35.3 Å². The van der Waals surface area contributed by atoms with Gasteiger partial charge in [0.05, 0.1) is 11.7 Å². The number of benzene rings is 1. The van der Waals surface area contributed by atoms with Crippen molar-refractivity contribution in [1.29, 1.82) is 0 Å². The number of amides is 1. The van der Waals surface area contributed by atoms with Crippen LogP contribution in [0.2, 0.25) is 5.02 Å². The molecule has 3 aliphatic rings. The highest BCUT2D eigenvalue weighted by Crippen LogP contribution is 2.43. The fourth-order valence-corrected chi connectivity index (χ4v) is 5.74. The SMILES string of the molecule is CO[C@H]1CC[C@H](CC(C(=O)O)n2cc3c(cc2=O)-c2cc(Cl)ccc2CC2(CC2)NC3=O)CC1. The number of aromatic nitrogens is 1. The molecular weight excluding hydrogens is 456 g/mol. The third-order valence-electron chi connectivity index (χ3n) is 7.75. The maximum absolute atomic E-state index is 13.3. The topological polar surface area (TPSA) is 97.6 Å². The summed E-state index contributed by atoms with van der Waals surface area (Å²) in [6.07, 6.45) is 7.93. The molecule has 7 nitrogen and oxygen atoms in total. The number of carbonyl (C=O) groups is 2. The minimum Gasteiger partial charge on any atom is -0.480 e. The Morgan fingerprint density at radius 2 is 1.91 bits per heavy atom. The first-order valence-electron chi connectivity index (χ1n) is 11.9. The Hall–Kier alpha value is -2.64. The number of methoxy groups -OCH3 is 1. The van der Waals surface area contributed by atoms with Crippen LogP contribution in [-0.2, 0) is 16.0 Å². The molecule has 0 saturated heterocycles. The second-order valence-corrected chi connectivity index (χ2v) is 10.5. The standard InChI is InChI=1S/C26H29ClN2O5/c1-34-18-6-2-15(3-7-18)10-22(25(32)33)29-14-21-20(12-23(29)30)19-11-17(27)5-4-16(19)13-26(8-9-26)28-24(21)31/h4-5,11-12,14-15,18,22H,2-3,6-10,13H2,1H3,(H,28,31)(H,32,33)/t15-,18-,22?. The summed E-state index contributed by atoms with van der Waals surface area (Å²) >= 11 is 6.28. The molecule has 2 saturated carbocycles. The van der Waals surface area contributed by atoms with Crippen molar-refractivity contribution < 1.29 is 19.4 Å². The highest BCUT2D eigenvalue weighted by Gasteiger charge is 2.46. The van der Waals surface area contributed by atoms with E-state index in [1.807, 2.05) is 12.1 Å². The molecule has 0 radical (unpaired) electrons. The zero-order valence-corrected chi connectivity index (χ0v) is 19.9. The lowest BCUT2D eigenvalue weighted by molar-refractivity contribution is -0.141. The van der Waals surface area contributed by atoms with E-state index in [0.29, 0.717) is 29.0 Å². The lowest BCUT2D eigenvalue weighted by atomic mass is 9.83. The van der Waals surface area contributed by atoms with Gasteiger partial charge < -0.3 is 19.7 Å². The van der Waals surface area contributed by atoms with Crippen LogP contribution >= 0.6 is 11.6 Å². The maximum Gasteiger partial charge on any atom is 0.326 e. The number of fused-ring (bicyclic) bond motifs is 3. The minimum atomic E-state index is -1.07. The van der Waals surface area contributed by atoms with Gasteiger partial charge in [0, 0.05) is 35.5 Å². The minimum absolute atomic E-state index is 0.185. The largest absolute Gasteiger partial charge is 0.480 e. The van der Waals surface area contributed by atoms with E-state index in [1.54, 1.807) is 13.2 Å². The number of ether oxygens (including phenoxy) is 1. The smallest absolute Gasteiger partial charge is 0.326 e. The summed E-state index contributed by atoms with van der Waals surface area (Å²) in [7, 11) is 1.70. The van der Waals surface area contributed by atoms with Gasteiger partial charge in [-0.25, -0.2) is 4.79 Å². The molecule has 180 valence electrons. The number of carboxylic acid groups (broad SMARTS) is 1. The number of nitrogens with one attached hydrogen (secondary N) is 1. The quantitative estimate of drug-likeness (QED) is 0.662. The van der Waals surface area contributed by atoms with Crippen LogP contribution in [0.4, 0.5) is 0 Å². The summed E-state index contributed by atoms with van der Waals surface area (Å²) in [6.45, 7) is 0. The Morgan fingerprint density at radius 1 is 1.18 bits per heavy atom. The van der Waals surface area contributed by atoms with Crippen molar-refractivity contribution in [2.24, 2.45) is 5.92 Å². The van der Waals surface area contributed by atoms with Gasteiger partial charge in [-0.1, -0.05) is 17.7 Å². The molecule has 1 atom stereocenters. The highest BCUT2D eigenvalue weighted by atomic mass is 35.5. The van der Waals surface area contributed by atoms with Crippen LogP contribution < -0.4 is 10.9 Å². The number of pyridine rings is 1.